The fourth-order valence-corrected chi connectivity index (χ4v) is 2.42. The molecule has 0 spiro atoms. The number of likely N-dealkylation sites (tertiary alicyclic amines) is 1. The maximum Gasteiger partial charge on any atom is 0.411 e. The fraction of sp³-hybridized carbons (Fsp3) is 0.818. The highest BCUT2D eigenvalue weighted by Crippen LogP contribution is 2.56. The Morgan fingerprint density at radius 3 is 2.50 bits per heavy atom. The van der Waals surface area contributed by atoms with E-state index in [9.17, 15) is 14.7 Å². The van der Waals surface area contributed by atoms with Gasteiger partial charge in [-0.05, 0) is 39.5 Å². The minimum atomic E-state index is -0.956. The minimum absolute atomic E-state index is 0.123. The second-order valence-corrected chi connectivity index (χ2v) is 5.55. The number of carbonyl (C=O) groups is 2. The van der Waals surface area contributed by atoms with Crippen molar-refractivity contribution in [3.05, 3.63) is 0 Å². The first kappa shape index (κ1) is 11.2. The molecule has 0 aromatic carbocycles. The Kier molecular flexibility index (Phi) is 2.19. The van der Waals surface area contributed by atoms with Crippen LogP contribution in [0.5, 0.6) is 0 Å². The molecule has 0 bridgehead atoms. The number of hydrogen-bond donors (Lipinski definition) is 1. The molecule has 1 saturated heterocycles. The quantitative estimate of drug-likeness (QED) is 0.736. The van der Waals surface area contributed by atoms with Crippen LogP contribution >= 0.6 is 0 Å². The van der Waals surface area contributed by atoms with E-state index in [1.165, 1.54) is 4.90 Å². The van der Waals surface area contributed by atoms with Crippen LogP contribution in [0.3, 0.4) is 0 Å². The fourth-order valence-electron chi connectivity index (χ4n) is 2.42. The monoisotopic (exact) mass is 227 g/mol. The number of nitrogens with zero attached hydrogens (tertiary/aromatic N) is 1. The van der Waals surface area contributed by atoms with Crippen molar-refractivity contribution >= 4 is 12.1 Å². The first-order chi connectivity index (χ1) is 7.27. The van der Waals surface area contributed by atoms with Crippen LogP contribution in [0, 0.1) is 5.92 Å². The van der Waals surface area contributed by atoms with Gasteiger partial charge in [0.05, 0.1) is 0 Å². The van der Waals surface area contributed by atoms with Crippen molar-refractivity contribution in [3.8, 4) is 0 Å². The molecule has 5 heteroatoms. The summed E-state index contributed by atoms with van der Waals surface area (Å²) in [5, 5.41) is 9.18. The van der Waals surface area contributed by atoms with E-state index >= 15 is 0 Å². The van der Waals surface area contributed by atoms with E-state index in [0.717, 1.165) is 6.42 Å². The summed E-state index contributed by atoms with van der Waals surface area (Å²) in [4.78, 5) is 24.4. The van der Waals surface area contributed by atoms with Crippen molar-refractivity contribution in [2.24, 2.45) is 5.92 Å². The summed E-state index contributed by atoms with van der Waals surface area (Å²) in [5.41, 5.74) is -1.54. The number of ether oxygens (including phenoxy) is 1. The van der Waals surface area contributed by atoms with Gasteiger partial charge in [0.25, 0.3) is 0 Å². The number of hydrogen-bond acceptors (Lipinski definition) is 3. The maximum atomic E-state index is 11.8. The highest BCUT2D eigenvalue weighted by atomic mass is 16.6. The Balaban J connectivity index is 2.11. The first-order valence-corrected chi connectivity index (χ1v) is 5.51. The smallest absolute Gasteiger partial charge is 0.411 e. The van der Waals surface area contributed by atoms with E-state index in [-0.39, 0.29) is 5.92 Å². The molecule has 2 fully saturated rings. The SMILES string of the molecule is CC(C)(C)OC(=O)N1CC[C@H]2C[C@@]21C(=O)O. The summed E-state index contributed by atoms with van der Waals surface area (Å²) in [6, 6.07) is 0. The Hall–Kier alpha value is -1.26. The molecule has 90 valence electrons. The van der Waals surface area contributed by atoms with Gasteiger partial charge in [0.1, 0.15) is 11.1 Å². The highest BCUT2D eigenvalue weighted by Gasteiger charge is 2.69. The summed E-state index contributed by atoms with van der Waals surface area (Å²) in [6.07, 6.45) is 0.836. The van der Waals surface area contributed by atoms with Gasteiger partial charge >= 0.3 is 12.1 Å². The molecule has 0 aromatic rings. The van der Waals surface area contributed by atoms with Crippen molar-refractivity contribution in [1.29, 1.82) is 0 Å². The second kappa shape index (κ2) is 3.12. The van der Waals surface area contributed by atoms with Gasteiger partial charge in [0.15, 0.2) is 0 Å². The van der Waals surface area contributed by atoms with Crippen molar-refractivity contribution in [3.63, 3.8) is 0 Å². The van der Waals surface area contributed by atoms with Crippen LogP contribution in [-0.2, 0) is 9.53 Å². The van der Waals surface area contributed by atoms with Crippen LogP contribution in [0.25, 0.3) is 0 Å². The molecule has 0 aromatic heterocycles. The summed E-state index contributed by atoms with van der Waals surface area (Å²) < 4.78 is 5.22. The number of carboxylic acid groups (broad SMARTS) is 1. The van der Waals surface area contributed by atoms with Gasteiger partial charge in [0.2, 0.25) is 0 Å². The zero-order chi connectivity index (χ0) is 12.1. The van der Waals surface area contributed by atoms with E-state index in [2.05, 4.69) is 0 Å². The number of carboxylic acids is 1. The molecule has 16 heavy (non-hydrogen) atoms. The third kappa shape index (κ3) is 1.54. The van der Waals surface area contributed by atoms with Crippen LogP contribution in [0.1, 0.15) is 33.6 Å². The molecule has 1 N–H and O–H groups in total. The number of piperidine rings is 1. The van der Waals surface area contributed by atoms with Crippen LogP contribution < -0.4 is 0 Å². The lowest BCUT2D eigenvalue weighted by Gasteiger charge is -2.28. The molecular weight excluding hydrogens is 210 g/mol. The third-order valence-electron chi connectivity index (χ3n) is 3.24. The van der Waals surface area contributed by atoms with Gasteiger partial charge < -0.3 is 9.84 Å². The molecule has 1 aliphatic heterocycles. The molecule has 2 aliphatic rings. The molecule has 1 heterocycles. The molecule has 0 radical (unpaired) electrons. The molecule has 1 saturated carbocycles. The van der Waals surface area contributed by atoms with E-state index in [4.69, 9.17) is 4.74 Å². The van der Waals surface area contributed by atoms with Gasteiger partial charge in [-0.25, -0.2) is 9.59 Å². The largest absolute Gasteiger partial charge is 0.479 e. The summed E-state index contributed by atoms with van der Waals surface area (Å²) >= 11 is 0. The summed E-state index contributed by atoms with van der Waals surface area (Å²) in [5.74, 6) is -0.779. The Morgan fingerprint density at radius 2 is 2.06 bits per heavy atom. The second-order valence-electron chi connectivity index (χ2n) is 5.55. The molecule has 2 rings (SSSR count). The van der Waals surface area contributed by atoms with E-state index in [1.807, 2.05) is 0 Å². The first-order valence-electron chi connectivity index (χ1n) is 5.51. The molecule has 2 atom stereocenters. The van der Waals surface area contributed by atoms with E-state index in [0.29, 0.717) is 13.0 Å². The summed E-state index contributed by atoms with van der Waals surface area (Å²) in [6.45, 7) is 5.82. The van der Waals surface area contributed by atoms with Crippen LogP contribution in [-0.4, -0.2) is 39.8 Å². The number of amides is 1. The van der Waals surface area contributed by atoms with Gasteiger partial charge in [-0.3, -0.25) is 4.90 Å². The predicted molar refractivity (Wildman–Crippen MR) is 56.0 cm³/mol. The Labute approximate surface area is 94.4 Å². The number of carbonyl (C=O) groups excluding carboxylic acids is 1. The topological polar surface area (TPSA) is 66.8 Å². The van der Waals surface area contributed by atoms with E-state index in [1.54, 1.807) is 20.8 Å². The summed E-state index contributed by atoms with van der Waals surface area (Å²) in [7, 11) is 0. The molecule has 5 nitrogen and oxygen atoms in total. The number of fused-ring (bicyclic) bond motifs is 1. The zero-order valence-corrected chi connectivity index (χ0v) is 9.82. The standard InChI is InChI=1S/C11H17NO4/c1-10(2,3)16-9(15)12-5-4-7-6-11(7,12)8(13)14/h7H,4-6H2,1-3H3,(H,13,14)/t7-,11-/m0/s1. The average Bonchev–Trinajstić information content (AvgIpc) is 2.70. The van der Waals surface area contributed by atoms with Crippen molar-refractivity contribution in [2.45, 2.75) is 44.8 Å². The predicted octanol–water partition coefficient (Wildman–Crippen LogP) is 1.47. The van der Waals surface area contributed by atoms with Gasteiger partial charge in [-0.15, -0.1) is 0 Å². The minimum Gasteiger partial charge on any atom is -0.479 e. The van der Waals surface area contributed by atoms with Crippen LogP contribution in [0.4, 0.5) is 4.79 Å². The van der Waals surface area contributed by atoms with Gasteiger partial charge in [0, 0.05) is 6.54 Å². The number of rotatable bonds is 1. The maximum absolute atomic E-state index is 11.8. The molecular formula is C11H17NO4. The normalized spacial score (nSPS) is 32.2. The van der Waals surface area contributed by atoms with Crippen LogP contribution in [0.15, 0.2) is 0 Å². The molecule has 0 unspecified atom stereocenters. The zero-order valence-electron chi connectivity index (χ0n) is 9.82. The lowest BCUT2D eigenvalue weighted by Crippen LogP contribution is -2.47. The average molecular weight is 227 g/mol. The third-order valence-corrected chi connectivity index (χ3v) is 3.24. The van der Waals surface area contributed by atoms with Crippen molar-refractivity contribution in [1.82, 2.24) is 4.90 Å². The van der Waals surface area contributed by atoms with Crippen molar-refractivity contribution < 1.29 is 19.4 Å². The van der Waals surface area contributed by atoms with E-state index < -0.39 is 23.2 Å². The lowest BCUT2D eigenvalue weighted by atomic mass is 10.2. The van der Waals surface area contributed by atoms with Gasteiger partial charge in [-0.1, -0.05) is 0 Å². The van der Waals surface area contributed by atoms with Crippen LogP contribution in [0.2, 0.25) is 0 Å². The van der Waals surface area contributed by atoms with Crippen molar-refractivity contribution in [2.75, 3.05) is 6.54 Å². The highest BCUT2D eigenvalue weighted by molar-refractivity contribution is 5.89. The lowest BCUT2D eigenvalue weighted by molar-refractivity contribution is -0.144. The number of aliphatic carboxylic acids is 1. The Morgan fingerprint density at radius 1 is 1.44 bits per heavy atom. The molecule has 1 amide bonds. The van der Waals surface area contributed by atoms with Gasteiger partial charge in [-0.2, -0.15) is 0 Å². The molecule has 1 aliphatic carbocycles. The Bertz CT molecular complexity index is 346.